The predicted octanol–water partition coefficient (Wildman–Crippen LogP) is 0.207. The Hall–Kier alpha value is -2.51. The highest BCUT2D eigenvalue weighted by Crippen LogP contribution is 2.17. The van der Waals surface area contributed by atoms with Crippen LogP contribution in [0.2, 0.25) is 0 Å². The molecule has 0 saturated carbocycles. The van der Waals surface area contributed by atoms with Gasteiger partial charge in [-0.3, -0.25) is 9.48 Å². The quantitative estimate of drug-likeness (QED) is 0.802. The molecule has 0 spiro atoms. The van der Waals surface area contributed by atoms with Gasteiger partial charge in [0.15, 0.2) is 5.69 Å². The number of rotatable bonds is 3. The number of aromatic nitrogens is 5. The Balaban J connectivity index is 1.60. The summed E-state index contributed by atoms with van der Waals surface area (Å²) in [5.74, 6) is 0.364. The van der Waals surface area contributed by atoms with Crippen LogP contribution in [0, 0.1) is 6.92 Å². The van der Waals surface area contributed by atoms with Gasteiger partial charge in [0.25, 0.3) is 5.91 Å². The molecule has 0 bridgehead atoms. The molecular weight excluding hydrogens is 272 g/mol. The van der Waals surface area contributed by atoms with Crippen molar-refractivity contribution < 1.29 is 9.53 Å². The molecule has 1 atom stereocenters. The molecule has 2 aromatic heterocycles. The number of hydrogen-bond donors (Lipinski definition) is 0. The predicted molar refractivity (Wildman–Crippen MR) is 72.7 cm³/mol. The van der Waals surface area contributed by atoms with E-state index in [9.17, 15) is 4.79 Å². The molecule has 1 aliphatic heterocycles. The van der Waals surface area contributed by atoms with E-state index in [1.807, 2.05) is 13.0 Å². The topological polar surface area (TPSA) is 86.0 Å². The van der Waals surface area contributed by atoms with Crippen molar-refractivity contribution in [2.45, 2.75) is 19.4 Å². The molecular formula is C13H16N6O2. The zero-order valence-corrected chi connectivity index (χ0v) is 11.9. The lowest BCUT2D eigenvalue weighted by molar-refractivity contribution is 0.0765. The summed E-state index contributed by atoms with van der Waals surface area (Å²) < 4.78 is 7.26. The van der Waals surface area contributed by atoms with Gasteiger partial charge >= 0.3 is 0 Å². The van der Waals surface area contributed by atoms with Gasteiger partial charge in [-0.25, -0.2) is 0 Å². The third-order valence-corrected chi connectivity index (χ3v) is 3.31. The molecule has 0 aliphatic carbocycles. The van der Waals surface area contributed by atoms with Crippen molar-refractivity contribution in [3.63, 3.8) is 0 Å². The van der Waals surface area contributed by atoms with E-state index in [1.54, 1.807) is 24.2 Å². The first-order valence-electron chi connectivity index (χ1n) is 6.74. The summed E-state index contributed by atoms with van der Waals surface area (Å²) in [5, 5.41) is 15.5. The van der Waals surface area contributed by atoms with Crippen LogP contribution in [0.4, 0.5) is 0 Å². The smallest absolute Gasteiger partial charge is 0.276 e. The molecule has 0 radical (unpaired) electrons. The van der Waals surface area contributed by atoms with Crippen LogP contribution in [0.1, 0.15) is 22.6 Å². The molecule has 1 fully saturated rings. The average molecular weight is 288 g/mol. The van der Waals surface area contributed by atoms with E-state index >= 15 is 0 Å². The molecule has 110 valence electrons. The maximum atomic E-state index is 12.2. The molecule has 1 unspecified atom stereocenters. The second-order valence-electron chi connectivity index (χ2n) is 5.07. The zero-order valence-electron chi connectivity index (χ0n) is 11.9. The van der Waals surface area contributed by atoms with E-state index in [0.29, 0.717) is 24.7 Å². The fraction of sp³-hybridized carbons (Fsp3) is 0.462. The van der Waals surface area contributed by atoms with Crippen LogP contribution in [-0.2, 0) is 7.05 Å². The van der Waals surface area contributed by atoms with E-state index in [-0.39, 0.29) is 12.0 Å². The highest BCUT2D eigenvalue weighted by Gasteiger charge is 2.29. The van der Waals surface area contributed by atoms with Crippen LogP contribution in [0.5, 0.6) is 5.88 Å². The summed E-state index contributed by atoms with van der Waals surface area (Å²) in [6.07, 6.45) is 2.31. The van der Waals surface area contributed by atoms with Gasteiger partial charge < -0.3 is 9.64 Å². The lowest BCUT2D eigenvalue weighted by Gasteiger charge is -2.15. The van der Waals surface area contributed by atoms with Crippen LogP contribution in [0.3, 0.4) is 0 Å². The summed E-state index contributed by atoms with van der Waals surface area (Å²) >= 11 is 0. The van der Waals surface area contributed by atoms with Crippen molar-refractivity contribution in [1.29, 1.82) is 0 Å². The third-order valence-electron chi connectivity index (χ3n) is 3.31. The van der Waals surface area contributed by atoms with Crippen molar-refractivity contribution in [2.75, 3.05) is 13.1 Å². The number of carbonyl (C=O) groups excluding carboxylic acids is 1. The van der Waals surface area contributed by atoms with E-state index in [2.05, 4.69) is 20.5 Å². The number of likely N-dealkylation sites (tertiary alicyclic amines) is 1. The summed E-state index contributed by atoms with van der Waals surface area (Å²) in [4.78, 5) is 13.9. The standard InChI is InChI=1S/C13H16N6O2/c1-9-3-4-12(16-14-9)21-10-5-6-19(7-10)13(20)11-8-18(2)17-15-11/h3-4,8,10H,5-7H2,1-2H3. The molecule has 1 amide bonds. The van der Waals surface area contributed by atoms with Crippen LogP contribution in [0.15, 0.2) is 18.3 Å². The average Bonchev–Trinajstić information content (AvgIpc) is 3.10. The summed E-state index contributed by atoms with van der Waals surface area (Å²) in [5.41, 5.74) is 1.20. The number of aryl methyl sites for hydroxylation is 2. The first kappa shape index (κ1) is 13.5. The van der Waals surface area contributed by atoms with Crippen LogP contribution in [-0.4, -0.2) is 55.2 Å². The van der Waals surface area contributed by atoms with Crippen molar-refractivity contribution in [3.05, 3.63) is 29.7 Å². The Morgan fingerprint density at radius 3 is 2.86 bits per heavy atom. The number of nitrogens with zero attached hydrogens (tertiary/aromatic N) is 6. The van der Waals surface area contributed by atoms with Gasteiger partial charge in [0.2, 0.25) is 5.88 Å². The number of amides is 1. The van der Waals surface area contributed by atoms with Gasteiger partial charge in [-0.2, -0.15) is 5.10 Å². The molecule has 0 N–H and O–H groups in total. The van der Waals surface area contributed by atoms with Gasteiger partial charge in [0.1, 0.15) is 6.10 Å². The lowest BCUT2D eigenvalue weighted by Crippen LogP contribution is -2.31. The largest absolute Gasteiger partial charge is 0.471 e. The van der Waals surface area contributed by atoms with Crippen molar-refractivity contribution >= 4 is 5.91 Å². The second kappa shape index (κ2) is 5.47. The SMILES string of the molecule is Cc1ccc(OC2CCN(C(=O)c3cn(C)nn3)C2)nn1. The molecule has 8 nitrogen and oxygen atoms in total. The number of hydrogen-bond acceptors (Lipinski definition) is 6. The van der Waals surface area contributed by atoms with E-state index in [1.165, 1.54) is 4.68 Å². The first-order chi connectivity index (χ1) is 10.1. The maximum Gasteiger partial charge on any atom is 0.276 e. The molecule has 3 rings (SSSR count). The van der Waals surface area contributed by atoms with Gasteiger partial charge in [-0.15, -0.1) is 10.2 Å². The van der Waals surface area contributed by atoms with Crippen molar-refractivity contribution in [3.8, 4) is 5.88 Å². The van der Waals surface area contributed by atoms with Crippen LogP contribution in [0.25, 0.3) is 0 Å². The van der Waals surface area contributed by atoms with E-state index < -0.39 is 0 Å². The Labute approximate surface area is 121 Å². The van der Waals surface area contributed by atoms with Crippen molar-refractivity contribution in [2.24, 2.45) is 7.05 Å². The Morgan fingerprint density at radius 2 is 2.19 bits per heavy atom. The summed E-state index contributed by atoms with van der Waals surface area (Å²) in [7, 11) is 1.73. The lowest BCUT2D eigenvalue weighted by atomic mass is 10.3. The maximum absolute atomic E-state index is 12.2. The van der Waals surface area contributed by atoms with Crippen LogP contribution >= 0.6 is 0 Å². The minimum absolute atomic E-state index is 0.0670. The molecule has 21 heavy (non-hydrogen) atoms. The number of ether oxygens (including phenoxy) is 1. The zero-order chi connectivity index (χ0) is 14.8. The normalized spacial score (nSPS) is 18.0. The van der Waals surface area contributed by atoms with Gasteiger partial charge in [0, 0.05) is 26.1 Å². The second-order valence-corrected chi connectivity index (χ2v) is 5.07. The molecule has 3 heterocycles. The Kier molecular flexibility index (Phi) is 3.51. The summed E-state index contributed by atoms with van der Waals surface area (Å²) in [6.45, 7) is 3.03. The minimum atomic E-state index is -0.121. The molecule has 1 aliphatic rings. The van der Waals surface area contributed by atoms with Gasteiger partial charge in [0.05, 0.1) is 18.4 Å². The van der Waals surface area contributed by atoms with Gasteiger partial charge in [-0.05, 0) is 13.0 Å². The molecule has 0 aromatic carbocycles. The summed E-state index contributed by atoms with van der Waals surface area (Å²) in [6, 6.07) is 3.63. The molecule has 8 heteroatoms. The molecule has 1 saturated heterocycles. The molecule has 2 aromatic rings. The fourth-order valence-corrected chi connectivity index (χ4v) is 2.24. The highest BCUT2D eigenvalue weighted by atomic mass is 16.5. The first-order valence-corrected chi connectivity index (χ1v) is 6.74. The van der Waals surface area contributed by atoms with Crippen molar-refractivity contribution in [1.82, 2.24) is 30.1 Å². The fourth-order valence-electron chi connectivity index (χ4n) is 2.24. The monoisotopic (exact) mass is 288 g/mol. The van der Waals surface area contributed by atoms with Gasteiger partial charge in [-0.1, -0.05) is 5.21 Å². The minimum Gasteiger partial charge on any atom is -0.471 e. The van der Waals surface area contributed by atoms with Crippen LogP contribution < -0.4 is 4.74 Å². The highest BCUT2D eigenvalue weighted by molar-refractivity contribution is 5.92. The van der Waals surface area contributed by atoms with E-state index in [4.69, 9.17) is 4.74 Å². The third kappa shape index (κ3) is 2.99. The van der Waals surface area contributed by atoms with E-state index in [0.717, 1.165) is 12.1 Å². The number of carbonyl (C=O) groups is 1. The Morgan fingerprint density at radius 1 is 1.33 bits per heavy atom. The Bertz CT molecular complexity index is 638.